The lowest BCUT2D eigenvalue weighted by molar-refractivity contribution is -0.142. The van der Waals surface area contributed by atoms with Crippen LogP contribution in [0.3, 0.4) is 0 Å². The summed E-state index contributed by atoms with van der Waals surface area (Å²) >= 11 is 6.08. The average molecular weight is 484 g/mol. The number of hydrogen-bond donors (Lipinski definition) is 0. The van der Waals surface area contributed by atoms with Crippen LogP contribution in [0, 0.1) is 0 Å². The Morgan fingerprint density at radius 3 is 1.35 bits per heavy atom. The zero-order valence-corrected chi connectivity index (χ0v) is 16.9. The van der Waals surface area contributed by atoms with Crippen LogP contribution in [0.2, 0.25) is 0 Å². The molecule has 0 unspecified atom stereocenters. The third-order valence-corrected chi connectivity index (χ3v) is 4.09. The summed E-state index contributed by atoms with van der Waals surface area (Å²) in [6, 6.07) is 14.5. The molecule has 0 atom stereocenters. The molecule has 0 aromatic heterocycles. The highest BCUT2D eigenvalue weighted by Gasteiger charge is 2.02. The molecule has 0 spiro atoms. The highest BCUT2D eigenvalue weighted by molar-refractivity contribution is 9.09. The van der Waals surface area contributed by atoms with Crippen molar-refractivity contribution in [1.82, 2.24) is 0 Å². The van der Waals surface area contributed by atoms with Crippen LogP contribution in [0.25, 0.3) is 0 Å². The van der Waals surface area contributed by atoms with E-state index >= 15 is 0 Å². The summed E-state index contributed by atoms with van der Waals surface area (Å²) in [5, 5.41) is 8.68. The fourth-order valence-corrected chi connectivity index (χ4v) is 2.16. The number of nitrogens with zero attached hydrogens (tertiary/aromatic N) is 2. The molecule has 0 N–H and O–H groups in total. The number of esters is 2. The number of ether oxygens (including phenoxy) is 2. The topological polar surface area (TPSA) is 77.3 Å². The first-order chi connectivity index (χ1) is 12.6. The van der Waals surface area contributed by atoms with Gasteiger partial charge in [-0.25, -0.2) is 0 Å². The molecule has 0 amide bonds. The molecule has 0 fully saturated rings. The Morgan fingerprint density at radius 1 is 0.692 bits per heavy atom. The van der Waals surface area contributed by atoms with Crippen molar-refractivity contribution in [2.45, 2.75) is 13.2 Å². The van der Waals surface area contributed by atoms with Crippen molar-refractivity contribution in [3.05, 3.63) is 59.7 Å². The minimum atomic E-state index is -0.306. The van der Waals surface area contributed by atoms with Crippen molar-refractivity contribution in [3.63, 3.8) is 0 Å². The Labute approximate surface area is 167 Å². The molecule has 0 radical (unpaired) electrons. The number of benzene rings is 2. The smallest absolute Gasteiger partial charge is 0.316 e. The van der Waals surface area contributed by atoms with Gasteiger partial charge in [0.05, 0.1) is 11.4 Å². The van der Waals surface area contributed by atoms with Gasteiger partial charge in [-0.15, -0.1) is 0 Å². The van der Waals surface area contributed by atoms with Gasteiger partial charge in [-0.2, -0.15) is 10.2 Å². The van der Waals surface area contributed by atoms with Crippen LogP contribution in [0.5, 0.6) is 0 Å². The van der Waals surface area contributed by atoms with Gasteiger partial charge in [0.25, 0.3) is 0 Å². The summed E-state index contributed by atoms with van der Waals surface area (Å²) < 4.78 is 10.1. The molecular weight excluding hydrogens is 468 g/mol. The number of azo groups is 1. The molecule has 6 nitrogen and oxygen atoms in total. The second-order valence-corrected chi connectivity index (χ2v) is 6.24. The van der Waals surface area contributed by atoms with Gasteiger partial charge in [0.1, 0.15) is 23.9 Å². The predicted molar refractivity (Wildman–Crippen MR) is 104 cm³/mol. The van der Waals surface area contributed by atoms with E-state index in [2.05, 4.69) is 42.1 Å². The predicted octanol–water partition coefficient (Wildman–Crippen LogP) is 4.98. The molecule has 0 aliphatic rings. The van der Waals surface area contributed by atoms with Crippen molar-refractivity contribution in [2.24, 2.45) is 10.2 Å². The van der Waals surface area contributed by atoms with Gasteiger partial charge in [-0.3, -0.25) is 9.59 Å². The van der Waals surface area contributed by atoms with Crippen molar-refractivity contribution in [1.29, 1.82) is 0 Å². The van der Waals surface area contributed by atoms with E-state index in [1.165, 1.54) is 0 Å². The zero-order valence-electron chi connectivity index (χ0n) is 13.7. The van der Waals surface area contributed by atoms with E-state index in [-0.39, 0.29) is 35.8 Å². The van der Waals surface area contributed by atoms with Crippen LogP contribution < -0.4 is 0 Å². The molecular formula is C18H16Br2N2O4. The number of hydrogen-bond acceptors (Lipinski definition) is 6. The lowest BCUT2D eigenvalue weighted by atomic mass is 10.2. The SMILES string of the molecule is O=C(CBr)OCc1ccc(N=Nc2ccc(COC(=O)CBr)cc2)cc1. The number of carbonyl (C=O) groups is 2. The molecule has 0 aliphatic heterocycles. The third-order valence-electron chi connectivity index (χ3n) is 3.17. The minimum Gasteiger partial charge on any atom is -0.460 e. The Hall–Kier alpha value is -2.06. The van der Waals surface area contributed by atoms with E-state index < -0.39 is 0 Å². The highest BCUT2D eigenvalue weighted by atomic mass is 79.9. The highest BCUT2D eigenvalue weighted by Crippen LogP contribution is 2.20. The standard InChI is InChI=1S/C18H16Br2N2O4/c19-9-17(23)25-11-13-1-5-15(6-2-13)21-22-16-7-3-14(4-8-16)12-26-18(24)10-20/h1-8H,9-12H2. The fourth-order valence-electron chi connectivity index (χ4n) is 1.84. The fraction of sp³-hybridized carbons (Fsp3) is 0.222. The number of halogens is 2. The van der Waals surface area contributed by atoms with Crippen LogP contribution in [-0.4, -0.2) is 22.6 Å². The Balaban J connectivity index is 1.88. The first kappa shape index (κ1) is 20.3. The van der Waals surface area contributed by atoms with Crippen LogP contribution in [0.15, 0.2) is 58.8 Å². The summed E-state index contributed by atoms with van der Waals surface area (Å²) in [6.07, 6.45) is 0. The molecule has 0 bridgehead atoms. The molecule has 0 aliphatic carbocycles. The zero-order chi connectivity index (χ0) is 18.8. The van der Waals surface area contributed by atoms with Crippen LogP contribution in [0.1, 0.15) is 11.1 Å². The number of alkyl halides is 2. The molecule has 0 saturated heterocycles. The van der Waals surface area contributed by atoms with Gasteiger partial charge >= 0.3 is 11.9 Å². The molecule has 8 heteroatoms. The van der Waals surface area contributed by atoms with Gasteiger partial charge in [0.15, 0.2) is 0 Å². The Kier molecular flexibility index (Phi) is 8.43. The maximum Gasteiger partial charge on any atom is 0.316 e. The molecule has 2 rings (SSSR count). The third kappa shape index (κ3) is 7.05. The number of carbonyl (C=O) groups excluding carboxylic acids is 2. The number of rotatable bonds is 8. The van der Waals surface area contributed by atoms with E-state index in [0.29, 0.717) is 11.4 Å². The lowest BCUT2D eigenvalue weighted by Gasteiger charge is -2.03. The van der Waals surface area contributed by atoms with Gasteiger partial charge in [0, 0.05) is 0 Å². The van der Waals surface area contributed by atoms with E-state index in [4.69, 9.17) is 9.47 Å². The largest absolute Gasteiger partial charge is 0.460 e. The van der Waals surface area contributed by atoms with Crippen molar-refractivity contribution >= 4 is 55.2 Å². The van der Waals surface area contributed by atoms with Gasteiger partial charge in [-0.05, 0) is 35.4 Å². The Morgan fingerprint density at radius 2 is 1.04 bits per heavy atom. The van der Waals surface area contributed by atoms with Gasteiger partial charge in [-0.1, -0.05) is 56.1 Å². The van der Waals surface area contributed by atoms with E-state index in [9.17, 15) is 9.59 Å². The summed E-state index contributed by atoms with van der Waals surface area (Å²) in [5.74, 6) is -0.613. The van der Waals surface area contributed by atoms with Gasteiger partial charge < -0.3 is 9.47 Å². The normalized spacial score (nSPS) is 10.7. The van der Waals surface area contributed by atoms with E-state index in [0.717, 1.165) is 11.1 Å². The van der Waals surface area contributed by atoms with Gasteiger partial charge in [0.2, 0.25) is 0 Å². The molecule has 26 heavy (non-hydrogen) atoms. The van der Waals surface area contributed by atoms with Crippen LogP contribution >= 0.6 is 31.9 Å². The molecule has 136 valence electrons. The van der Waals surface area contributed by atoms with E-state index in [1.54, 1.807) is 24.3 Å². The second kappa shape index (κ2) is 10.8. The summed E-state index contributed by atoms with van der Waals surface area (Å²) in [4.78, 5) is 22.2. The van der Waals surface area contributed by atoms with Crippen LogP contribution in [-0.2, 0) is 32.3 Å². The van der Waals surface area contributed by atoms with Crippen molar-refractivity contribution in [2.75, 3.05) is 10.7 Å². The second-order valence-electron chi connectivity index (χ2n) is 5.12. The molecule has 0 saturated carbocycles. The summed E-state index contributed by atoms with van der Waals surface area (Å²) in [7, 11) is 0. The molecule has 2 aromatic rings. The maximum absolute atomic E-state index is 11.1. The first-order valence-electron chi connectivity index (χ1n) is 7.63. The quantitative estimate of drug-likeness (QED) is 0.301. The van der Waals surface area contributed by atoms with Crippen molar-refractivity contribution in [3.8, 4) is 0 Å². The van der Waals surface area contributed by atoms with Crippen molar-refractivity contribution < 1.29 is 19.1 Å². The minimum absolute atomic E-state index is 0.178. The van der Waals surface area contributed by atoms with Crippen LogP contribution in [0.4, 0.5) is 11.4 Å². The monoisotopic (exact) mass is 482 g/mol. The summed E-state index contributed by atoms with van der Waals surface area (Å²) in [5.41, 5.74) is 3.13. The first-order valence-corrected chi connectivity index (χ1v) is 9.88. The van der Waals surface area contributed by atoms with E-state index in [1.807, 2.05) is 24.3 Å². The molecule has 0 heterocycles. The summed E-state index contributed by atoms with van der Waals surface area (Å²) in [6.45, 7) is 0.450. The maximum atomic E-state index is 11.1. The average Bonchev–Trinajstić information content (AvgIpc) is 2.70. The lowest BCUT2D eigenvalue weighted by Crippen LogP contribution is -2.04. The Bertz CT molecular complexity index is 696. The molecule has 2 aromatic carbocycles.